The first-order valence-corrected chi connectivity index (χ1v) is 9.52. The Labute approximate surface area is 116 Å². The molecule has 0 aromatic carbocycles. The number of nitrogens with two attached hydrogens (primary N) is 1. The minimum absolute atomic E-state index is 0.305. The number of sulfonamides is 1. The third kappa shape index (κ3) is 2.83. The molecule has 0 aromatic rings. The monoisotopic (exact) mass is 286 g/mol. The maximum Gasteiger partial charge on any atom is 0.211 e. The minimum atomic E-state index is -3.02. The first-order valence-electron chi connectivity index (χ1n) is 7.67. The fourth-order valence-electron chi connectivity index (χ4n) is 4.57. The lowest BCUT2D eigenvalue weighted by Crippen LogP contribution is -2.41. The Morgan fingerprint density at radius 2 is 1.89 bits per heavy atom. The van der Waals surface area contributed by atoms with Crippen molar-refractivity contribution < 1.29 is 8.42 Å². The van der Waals surface area contributed by atoms with Crippen LogP contribution in [0, 0.1) is 23.7 Å². The average Bonchev–Trinajstić information content (AvgIpc) is 2.83. The Kier molecular flexibility index (Phi) is 3.65. The Morgan fingerprint density at radius 1 is 1.21 bits per heavy atom. The zero-order valence-electron chi connectivity index (χ0n) is 11.8. The van der Waals surface area contributed by atoms with Crippen LogP contribution in [-0.2, 0) is 10.0 Å². The highest BCUT2D eigenvalue weighted by Gasteiger charge is 2.55. The van der Waals surface area contributed by atoms with Gasteiger partial charge in [-0.3, -0.25) is 0 Å². The van der Waals surface area contributed by atoms with E-state index in [1.165, 1.54) is 25.5 Å². The molecule has 0 aromatic heterocycles. The summed E-state index contributed by atoms with van der Waals surface area (Å²) in [4.78, 5) is 0. The third-order valence-electron chi connectivity index (χ3n) is 5.52. The summed E-state index contributed by atoms with van der Waals surface area (Å²) in [7, 11) is -3.02. The van der Waals surface area contributed by atoms with Gasteiger partial charge in [-0.1, -0.05) is 6.42 Å². The van der Waals surface area contributed by atoms with Gasteiger partial charge in [0.05, 0.1) is 6.26 Å². The molecule has 1 saturated heterocycles. The fraction of sp³-hybridized carbons (Fsp3) is 1.00. The summed E-state index contributed by atoms with van der Waals surface area (Å²) < 4.78 is 24.9. The summed E-state index contributed by atoms with van der Waals surface area (Å²) in [5.41, 5.74) is 6.39. The third-order valence-corrected chi connectivity index (χ3v) is 6.79. The lowest BCUT2D eigenvalue weighted by molar-refractivity contribution is 0.237. The summed E-state index contributed by atoms with van der Waals surface area (Å²) in [6.45, 7) is 1.38. The largest absolute Gasteiger partial charge is 0.327 e. The number of nitrogens with zero attached hydrogens (tertiary/aromatic N) is 1. The zero-order valence-corrected chi connectivity index (χ0v) is 12.6. The SMILES string of the molecule is CS(=O)(=O)N1CCCC(CC(N)C2C3CCCC32)C1. The van der Waals surface area contributed by atoms with Gasteiger partial charge in [0, 0.05) is 19.1 Å². The van der Waals surface area contributed by atoms with Crippen LogP contribution in [0.1, 0.15) is 38.5 Å². The summed E-state index contributed by atoms with van der Waals surface area (Å²) in [6.07, 6.45) is 8.62. The van der Waals surface area contributed by atoms with Crippen LogP contribution < -0.4 is 5.73 Å². The van der Waals surface area contributed by atoms with E-state index in [1.807, 2.05) is 0 Å². The molecule has 110 valence electrons. The quantitative estimate of drug-likeness (QED) is 0.850. The topological polar surface area (TPSA) is 63.4 Å². The predicted octanol–water partition coefficient (Wildman–Crippen LogP) is 1.42. The van der Waals surface area contributed by atoms with Crippen LogP contribution in [0.5, 0.6) is 0 Å². The van der Waals surface area contributed by atoms with E-state index in [4.69, 9.17) is 5.73 Å². The van der Waals surface area contributed by atoms with Crippen LogP contribution in [0.4, 0.5) is 0 Å². The fourth-order valence-corrected chi connectivity index (χ4v) is 5.52. The number of piperidine rings is 1. The summed E-state index contributed by atoms with van der Waals surface area (Å²) in [5.74, 6) is 3.04. The van der Waals surface area contributed by atoms with Crippen LogP contribution in [-0.4, -0.2) is 38.1 Å². The number of hydrogen-bond donors (Lipinski definition) is 1. The van der Waals surface area contributed by atoms with Crippen molar-refractivity contribution in [3.8, 4) is 0 Å². The first-order chi connectivity index (χ1) is 8.97. The van der Waals surface area contributed by atoms with E-state index in [0.29, 0.717) is 25.0 Å². The van der Waals surface area contributed by atoms with E-state index < -0.39 is 10.0 Å². The highest BCUT2D eigenvalue weighted by atomic mass is 32.2. The molecule has 3 aliphatic rings. The van der Waals surface area contributed by atoms with Crippen molar-refractivity contribution in [3.63, 3.8) is 0 Å². The van der Waals surface area contributed by atoms with Crippen molar-refractivity contribution in [2.75, 3.05) is 19.3 Å². The summed E-state index contributed by atoms with van der Waals surface area (Å²) >= 11 is 0. The van der Waals surface area contributed by atoms with E-state index >= 15 is 0 Å². The molecule has 2 saturated carbocycles. The van der Waals surface area contributed by atoms with E-state index in [0.717, 1.165) is 37.0 Å². The van der Waals surface area contributed by atoms with Crippen LogP contribution in [0.25, 0.3) is 0 Å². The van der Waals surface area contributed by atoms with Crippen molar-refractivity contribution in [2.24, 2.45) is 29.4 Å². The van der Waals surface area contributed by atoms with Gasteiger partial charge in [0.2, 0.25) is 10.0 Å². The number of hydrogen-bond acceptors (Lipinski definition) is 3. The second-order valence-corrected chi connectivity index (χ2v) is 8.85. The molecule has 3 fully saturated rings. The number of fused-ring (bicyclic) bond motifs is 1. The van der Waals surface area contributed by atoms with Gasteiger partial charge in [-0.25, -0.2) is 12.7 Å². The van der Waals surface area contributed by atoms with Gasteiger partial charge >= 0.3 is 0 Å². The molecule has 2 aliphatic carbocycles. The molecule has 0 spiro atoms. The minimum Gasteiger partial charge on any atom is -0.327 e. The molecule has 4 unspecified atom stereocenters. The summed E-state index contributed by atoms with van der Waals surface area (Å²) in [6, 6.07) is 0.305. The molecule has 0 radical (unpaired) electrons. The molecular formula is C14H26N2O2S. The van der Waals surface area contributed by atoms with E-state index in [2.05, 4.69) is 0 Å². The first kappa shape index (κ1) is 13.8. The van der Waals surface area contributed by atoms with Crippen molar-refractivity contribution >= 4 is 10.0 Å². The molecule has 5 heteroatoms. The molecule has 1 heterocycles. The van der Waals surface area contributed by atoms with Gasteiger partial charge < -0.3 is 5.73 Å². The van der Waals surface area contributed by atoms with Gasteiger partial charge in [0.25, 0.3) is 0 Å². The van der Waals surface area contributed by atoms with Gasteiger partial charge in [-0.2, -0.15) is 0 Å². The molecule has 0 amide bonds. The summed E-state index contributed by atoms with van der Waals surface area (Å²) in [5, 5.41) is 0. The standard InChI is InChI=1S/C14H26N2O2S/c1-19(17,18)16-7-3-4-10(9-16)8-13(15)14-11-5-2-6-12(11)14/h10-14H,2-9,15H2,1H3. The lowest BCUT2D eigenvalue weighted by Gasteiger charge is -2.32. The van der Waals surface area contributed by atoms with Crippen molar-refractivity contribution in [2.45, 2.75) is 44.6 Å². The van der Waals surface area contributed by atoms with Gasteiger partial charge in [0.1, 0.15) is 0 Å². The Hall–Kier alpha value is -0.130. The molecule has 2 N–H and O–H groups in total. The highest BCUT2D eigenvalue weighted by molar-refractivity contribution is 7.88. The molecule has 1 aliphatic heterocycles. The van der Waals surface area contributed by atoms with E-state index in [9.17, 15) is 8.42 Å². The predicted molar refractivity (Wildman–Crippen MR) is 76.1 cm³/mol. The molecule has 0 bridgehead atoms. The number of rotatable bonds is 4. The van der Waals surface area contributed by atoms with Crippen LogP contribution in [0.3, 0.4) is 0 Å². The van der Waals surface area contributed by atoms with Gasteiger partial charge in [0.15, 0.2) is 0 Å². The second kappa shape index (κ2) is 5.01. The van der Waals surface area contributed by atoms with Crippen LogP contribution >= 0.6 is 0 Å². The van der Waals surface area contributed by atoms with E-state index in [1.54, 1.807) is 4.31 Å². The lowest BCUT2D eigenvalue weighted by atomic mass is 9.89. The van der Waals surface area contributed by atoms with Crippen LogP contribution in [0.15, 0.2) is 0 Å². The second-order valence-electron chi connectivity index (χ2n) is 6.86. The smallest absolute Gasteiger partial charge is 0.211 e. The van der Waals surface area contributed by atoms with Crippen LogP contribution in [0.2, 0.25) is 0 Å². The zero-order chi connectivity index (χ0) is 13.6. The van der Waals surface area contributed by atoms with E-state index in [-0.39, 0.29) is 0 Å². The maximum absolute atomic E-state index is 11.6. The van der Waals surface area contributed by atoms with Crippen molar-refractivity contribution in [1.29, 1.82) is 0 Å². The molecular weight excluding hydrogens is 260 g/mol. The Morgan fingerprint density at radius 3 is 2.53 bits per heavy atom. The maximum atomic E-state index is 11.6. The Bertz CT molecular complexity index is 427. The molecule has 3 rings (SSSR count). The molecule has 4 nitrogen and oxygen atoms in total. The van der Waals surface area contributed by atoms with Crippen molar-refractivity contribution in [1.82, 2.24) is 4.31 Å². The molecule has 4 atom stereocenters. The average molecular weight is 286 g/mol. The van der Waals surface area contributed by atoms with Gasteiger partial charge in [-0.15, -0.1) is 0 Å². The highest BCUT2D eigenvalue weighted by Crippen LogP contribution is 2.59. The Balaban J connectivity index is 1.52. The van der Waals surface area contributed by atoms with Crippen molar-refractivity contribution in [3.05, 3.63) is 0 Å². The van der Waals surface area contributed by atoms with Gasteiger partial charge in [-0.05, 0) is 55.8 Å². The molecule has 19 heavy (non-hydrogen) atoms. The normalized spacial score (nSPS) is 40.9.